The summed E-state index contributed by atoms with van der Waals surface area (Å²) in [5.41, 5.74) is 2.46. The minimum atomic E-state index is 0.783. The highest BCUT2D eigenvalue weighted by molar-refractivity contribution is 6.30. The van der Waals surface area contributed by atoms with Gasteiger partial charge in [-0.1, -0.05) is 30.3 Å². The van der Waals surface area contributed by atoms with Crippen LogP contribution in [-0.4, -0.2) is 32.1 Å². The quantitative estimate of drug-likeness (QED) is 0.767. The van der Waals surface area contributed by atoms with Gasteiger partial charge < -0.3 is 5.32 Å². The lowest BCUT2D eigenvalue weighted by Gasteiger charge is -2.18. The topological polar surface area (TPSA) is 15.3 Å². The fourth-order valence-corrected chi connectivity index (χ4v) is 1.77. The fourth-order valence-electron chi connectivity index (χ4n) is 1.65. The molecular weight excluding hydrogens is 220 g/mol. The third-order valence-electron chi connectivity index (χ3n) is 2.29. The molecule has 0 aliphatic carbocycles. The van der Waals surface area contributed by atoms with E-state index in [0.29, 0.717) is 0 Å². The van der Waals surface area contributed by atoms with Crippen LogP contribution in [0.4, 0.5) is 0 Å². The van der Waals surface area contributed by atoms with Crippen molar-refractivity contribution in [2.75, 3.05) is 27.2 Å². The highest BCUT2D eigenvalue weighted by atomic mass is 35.5. The summed E-state index contributed by atoms with van der Waals surface area (Å²) < 4.78 is 0. The van der Waals surface area contributed by atoms with Crippen LogP contribution >= 0.6 is 11.6 Å². The molecule has 0 amide bonds. The highest BCUT2D eigenvalue weighted by Crippen LogP contribution is 2.11. The smallest absolute Gasteiger partial charge is 0.0406 e. The van der Waals surface area contributed by atoms with Gasteiger partial charge in [-0.25, -0.2) is 0 Å². The van der Waals surface area contributed by atoms with Gasteiger partial charge in [0.2, 0.25) is 0 Å². The van der Waals surface area contributed by atoms with Crippen LogP contribution in [0.15, 0.2) is 36.4 Å². The van der Waals surface area contributed by atoms with Gasteiger partial charge in [0, 0.05) is 24.7 Å². The molecule has 1 rings (SSSR count). The molecule has 0 aromatic heterocycles. The molecule has 0 aliphatic heterocycles. The van der Waals surface area contributed by atoms with Crippen molar-refractivity contribution in [1.29, 1.82) is 0 Å². The van der Waals surface area contributed by atoms with Gasteiger partial charge in [-0.3, -0.25) is 4.90 Å². The number of nitrogens with one attached hydrogen (secondary N) is 1. The zero-order chi connectivity index (χ0) is 12.0. The molecule has 0 saturated heterocycles. The summed E-state index contributed by atoms with van der Waals surface area (Å²) in [4.78, 5) is 2.24. The molecule has 3 heteroatoms. The van der Waals surface area contributed by atoms with E-state index < -0.39 is 0 Å². The second-order valence-corrected chi connectivity index (χ2v) is 4.52. The second kappa shape index (κ2) is 6.69. The molecule has 0 aliphatic rings. The Labute approximate surface area is 103 Å². The monoisotopic (exact) mass is 238 g/mol. The lowest BCUT2D eigenvalue weighted by atomic mass is 10.2. The Balaban J connectivity index is 2.42. The fraction of sp³-hybridized carbons (Fsp3) is 0.385. The number of rotatable bonds is 6. The van der Waals surface area contributed by atoms with Crippen LogP contribution in [0.1, 0.15) is 5.56 Å². The summed E-state index contributed by atoms with van der Waals surface area (Å²) in [6, 6.07) is 7.96. The molecule has 0 spiro atoms. The summed E-state index contributed by atoms with van der Waals surface area (Å²) >= 11 is 5.84. The molecule has 0 saturated carbocycles. The Hall–Kier alpha value is -0.830. The van der Waals surface area contributed by atoms with Crippen LogP contribution in [-0.2, 0) is 6.54 Å². The molecule has 0 bridgehead atoms. The number of likely N-dealkylation sites (N-methyl/N-ethyl adjacent to an activating group) is 2. The van der Waals surface area contributed by atoms with Gasteiger partial charge in [-0.05, 0) is 37.4 Å². The van der Waals surface area contributed by atoms with E-state index in [1.165, 1.54) is 11.1 Å². The van der Waals surface area contributed by atoms with E-state index in [4.69, 9.17) is 11.6 Å². The van der Waals surface area contributed by atoms with E-state index in [1.807, 2.05) is 19.2 Å². The Bertz CT molecular complexity index is 332. The van der Waals surface area contributed by atoms with Crippen molar-refractivity contribution in [1.82, 2.24) is 10.2 Å². The van der Waals surface area contributed by atoms with E-state index in [-0.39, 0.29) is 0 Å². The zero-order valence-electron chi connectivity index (χ0n) is 9.96. The molecule has 16 heavy (non-hydrogen) atoms. The molecule has 2 nitrogen and oxygen atoms in total. The van der Waals surface area contributed by atoms with Crippen molar-refractivity contribution in [3.63, 3.8) is 0 Å². The largest absolute Gasteiger partial charge is 0.316 e. The van der Waals surface area contributed by atoms with Crippen LogP contribution in [0, 0.1) is 0 Å². The molecular formula is C13H19ClN2. The Morgan fingerprint density at radius 2 is 2.00 bits per heavy atom. The standard InChI is InChI=1S/C13H19ClN2/c1-11(8-15-2)9-16(3)10-12-4-6-13(14)7-5-12/h4-7,15H,1,8-10H2,2-3H3. The predicted octanol–water partition coefficient (Wildman–Crippen LogP) is 2.55. The molecule has 0 unspecified atom stereocenters. The molecule has 88 valence electrons. The van der Waals surface area contributed by atoms with Gasteiger partial charge in [0.15, 0.2) is 0 Å². The second-order valence-electron chi connectivity index (χ2n) is 4.08. The molecule has 1 aromatic carbocycles. The summed E-state index contributed by atoms with van der Waals surface area (Å²) in [5.74, 6) is 0. The van der Waals surface area contributed by atoms with E-state index in [1.54, 1.807) is 0 Å². The van der Waals surface area contributed by atoms with Crippen LogP contribution in [0.25, 0.3) is 0 Å². The van der Waals surface area contributed by atoms with Crippen molar-refractivity contribution in [2.24, 2.45) is 0 Å². The number of hydrogen-bond donors (Lipinski definition) is 1. The number of hydrogen-bond acceptors (Lipinski definition) is 2. The molecule has 1 aromatic rings. The van der Waals surface area contributed by atoms with Gasteiger partial charge in [0.05, 0.1) is 0 Å². The first-order valence-electron chi connectivity index (χ1n) is 5.36. The van der Waals surface area contributed by atoms with Crippen molar-refractivity contribution in [2.45, 2.75) is 6.54 Å². The third kappa shape index (κ3) is 4.79. The maximum Gasteiger partial charge on any atom is 0.0406 e. The Kier molecular flexibility index (Phi) is 5.53. The maximum absolute atomic E-state index is 5.84. The average Bonchev–Trinajstić information content (AvgIpc) is 2.21. The molecule has 0 radical (unpaired) electrons. The summed E-state index contributed by atoms with van der Waals surface area (Å²) in [6.07, 6.45) is 0. The number of nitrogens with zero attached hydrogens (tertiary/aromatic N) is 1. The average molecular weight is 239 g/mol. The van der Waals surface area contributed by atoms with Crippen LogP contribution in [0.2, 0.25) is 5.02 Å². The van der Waals surface area contributed by atoms with Gasteiger partial charge in [-0.2, -0.15) is 0 Å². The van der Waals surface area contributed by atoms with E-state index >= 15 is 0 Å². The minimum absolute atomic E-state index is 0.783. The summed E-state index contributed by atoms with van der Waals surface area (Å²) in [7, 11) is 4.03. The number of benzene rings is 1. The number of halogens is 1. The molecule has 1 N–H and O–H groups in total. The first kappa shape index (κ1) is 13.2. The van der Waals surface area contributed by atoms with Crippen molar-refractivity contribution in [3.05, 3.63) is 47.0 Å². The van der Waals surface area contributed by atoms with Gasteiger partial charge in [0.25, 0.3) is 0 Å². The zero-order valence-corrected chi connectivity index (χ0v) is 10.7. The lowest BCUT2D eigenvalue weighted by Crippen LogP contribution is -2.24. The van der Waals surface area contributed by atoms with Crippen molar-refractivity contribution < 1.29 is 0 Å². The SMILES string of the molecule is C=C(CNC)CN(C)Cc1ccc(Cl)cc1. The Morgan fingerprint density at radius 3 is 2.56 bits per heavy atom. The van der Waals surface area contributed by atoms with Gasteiger partial charge in [0.1, 0.15) is 0 Å². The van der Waals surface area contributed by atoms with E-state index in [2.05, 4.69) is 36.0 Å². The molecule has 0 heterocycles. The lowest BCUT2D eigenvalue weighted by molar-refractivity contribution is 0.353. The van der Waals surface area contributed by atoms with E-state index in [9.17, 15) is 0 Å². The first-order chi connectivity index (χ1) is 7.61. The van der Waals surface area contributed by atoms with Crippen molar-refractivity contribution >= 4 is 11.6 Å². The minimum Gasteiger partial charge on any atom is -0.316 e. The normalized spacial score (nSPS) is 10.8. The van der Waals surface area contributed by atoms with E-state index in [0.717, 1.165) is 24.7 Å². The summed E-state index contributed by atoms with van der Waals surface area (Å²) in [6.45, 7) is 6.70. The summed E-state index contributed by atoms with van der Waals surface area (Å²) in [5, 5.41) is 3.88. The Morgan fingerprint density at radius 1 is 1.38 bits per heavy atom. The van der Waals surface area contributed by atoms with Gasteiger partial charge in [-0.15, -0.1) is 0 Å². The predicted molar refractivity (Wildman–Crippen MR) is 70.9 cm³/mol. The first-order valence-corrected chi connectivity index (χ1v) is 5.74. The van der Waals surface area contributed by atoms with Crippen LogP contribution < -0.4 is 5.32 Å². The maximum atomic E-state index is 5.84. The van der Waals surface area contributed by atoms with Crippen LogP contribution in [0.3, 0.4) is 0 Å². The molecule has 0 fully saturated rings. The highest BCUT2D eigenvalue weighted by Gasteiger charge is 2.02. The van der Waals surface area contributed by atoms with Crippen LogP contribution in [0.5, 0.6) is 0 Å². The third-order valence-corrected chi connectivity index (χ3v) is 2.54. The van der Waals surface area contributed by atoms with Crippen molar-refractivity contribution in [3.8, 4) is 0 Å². The van der Waals surface area contributed by atoms with Gasteiger partial charge >= 0.3 is 0 Å². The molecule has 0 atom stereocenters.